The second-order valence-corrected chi connectivity index (χ2v) is 2.80. The third kappa shape index (κ3) is 1.59. The average Bonchev–Trinajstić information content (AvgIpc) is 2.66. The van der Waals surface area contributed by atoms with Crippen molar-refractivity contribution >= 4 is 6.01 Å². The second kappa shape index (κ2) is 3.49. The molecule has 3 nitrogen and oxygen atoms in total. The molecule has 14 heavy (non-hydrogen) atoms. The normalized spacial score (nSPS) is 10.1. The molecule has 2 rings (SSSR count). The van der Waals surface area contributed by atoms with Gasteiger partial charge in [0.05, 0.1) is 0 Å². The van der Waals surface area contributed by atoms with Crippen LogP contribution < -0.4 is 5.32 Å². The van der Waals surface area contributed by atoms with Gasteiger partial charge in [-0.2, -0.15) is 4.98 Å². The first kappa shape index (κ1) is 8.74. The molecule has 1 aromatic heterocycles. The van der Waals surface area contributed by atoms with Gasteiger partial charge in [-0.05, 0) is 12.1 Å². The van der Waals surface area contributed by atoms with Crippen molar-refractivity contribution in [1.82, 2.24) is 4.98 Å². The van der Waals surface area contributed by atoms with Crippen molar-refractivity contribution in [2.45, 2.75) is 0 Å². The molecule has 72 valence electrons. The first-order chi connectivity index (χ1) is 6.79. The lowest BCUT2D eigenvalue weighted by Crippen LogP contribution is -1.87. The molecule has 0 saturated carbocycles. The zero-order valence-electron chi connectivity index (χ0n) is 7.62. The largest absolute Gasteiger partial charge is 0.432 e. The fourth-order valence-electron chi connectivity index (χ4n) is 1.17. The number of oxazole rings is 1. The summed E-state index contributed by atoms with van der Waals surface area (Å²) in [6.45, 7) is 0. The van der Waals surface area contributed by atoms with Gasteiger partial charge >= 0.3 is 0 Å². The van der Waals surface area contributed by atoms with E-state index in [0.717, 1.165) is 0 Å². The van der Waals surface area contributed by atoms with Gasteiger partial charge < -0.3 is 9.73 Å². The van der Waals surface area contributed by atoms with Crippen LogP contribution in [-0.2, 0) is 0 Å². The quantitative estimate of drug-likeness (QED) is 0.794. The summed E-state index contributed by atoms with van der Waals surface area (Å²) in [6.07, 6.45) is 1.49. The predicted octanol–water partition coefficient (Wildman–Crippen LogP) is 2.52. The van der Waals surface area contributed by atoms with E-state index in [2.05, 4.69) is 10.3 Å². The fraction of sp³-hybridized carbons (Fsp3) is 0.100. The lowest BCUT2D eigenvalue weighted by Gasteiger charge is -1.94. The molecule has 0 unspecified atom stereocenters. The minimum absolute atomic E-state index is 0.281. The van der Waals surface area contributed by atoms with Crippen LogP contribution >= 0.6 is 0 Å². The molecule has 0 atom stereocenters. The van der Waals surface area contributed by atoms with E-state index >= 15 is 0 Å². The Bertz CT molecular complexity index is 439. The molecular formula is C10H9FN2O. The van der Waals surface area contributed by atoms with E-state index < -0.39 is 0 Å². The highest BCUT2D eigenvalue weighted by Gasteiger charge is 2.04. The third-order valence-electron chi connectivity index (χ3n) is 1.84. The molecule has 1 heterocycles. The van der Waals surface area contributed by atoms with Crippen LogP contribution in [0, 0.1) is 5.82 Å². The van der Waals surface area contributed by atoms with Gasteiger partial charge in [-0.3, -0.25) is 0 Å². The maximum absolute atomic E-state index is 12.9. The average molecular weight is 192 g/mol. The van der Waals surface area contributed by atoms with Crippen LogP contribution in [0.15, 0.2) is 34.9 Å². The van der Waals surface area contributed by atoms with Gasteiger partial charge in [0.2, 0.25) is 0 Å². The number of hydrogen-bond donors (Lipinski definition) is 1. The molecule has 4 heteroatoms. The molecule has 0 fully saturated rings. The second-order valence-electron chi connectivity index (χ2n) is 2.80. The smallest absolute Gasteiger partial charge is 0.294 e. The van der Waals surface area contributed by atoms with Crippen molar-refractivity contribution in [1.29, 1.82) is 0 Å². The number of benzene rings is 1. The van der Waals surface area contributed by atoms with Crippen LogP contribution in [0.1, 0.15) is 0 Å². The Balaban J connectivity index is 2.39. The molecule has 0 spiro atoms. The van der Waals surface area contributed by atoms with Gasteiger partial charge in [0.25, 0.3) is 6.01 Å². The SMILES string of the molecule is CNc1nc(-c2cccc(F)c2)co1. The summed E-state index contributed by atoms with van der Waals surface area (Å²) >= 11 is 0. The first-order valence-electron chi connectivity index (χ1n) is 4.19. The lowest BCUT2D eigenvalue weighted by molar-refractivity contribution is 0.576. The van der Waals surface area contributed by atoms with E-state index in [1.807, 2.05) is 0 Å². The Morgan fingerprint density at radius 3 is 2.93 bits per heavy atom. The van der Waals surface area contributed by atoms with Crippen molar-refractivity contribution in [2.24, 2.45) is 0 Å². The van der Waals surface area contributed by atoms with Gasteiger partial charge in [-0.1, -0.05) is 12.1 Å². The van der Waals surface area contributed by atoms with Crippen LogP contribution in [0.5, 0.6) is 0 Å². The Morgan fingerprint density at radius 2 is 2.29 bits per heavy atom. The molecule has 1 N–H and O–H groups in total. The fourth-order valence-corrected chi connectivity index (χ4v) is 1.17. The van der Waals surface area contributed by atoms with Gasteiger partial charge in [-0.15, -0.1) is 0 Å². The van der Waals surface area contributed by atoms with Crippen LogP contribution in [0.3, 0.4) is 0 Å². The first-order valence-corrected chi connectivity index (χ1v) is 4.19. The highest BCUT2D eigenvalue weighted by Crippen LogP contribution is 2.20. The van der Waals surface area contributed by atoms with E-state index in [-0.39, 0.29) is 5.82 Å². The van der Waals surface area contributed by atoms with Crippen molar-refractivity contribution in [3.8, 4) is 11.3 Å². The van der Waals surface area contributed by atoms with E-state index in [1.54, 1.807) is 19.2 Å². The van der Waals surface area contributed by atoms with Crippen molar-refractivity contribution in [3.63, 3.8) is 0 Å². The number of nitrogens with one attached hydrogen (secondary N) is 1. The molecule has 0 radical (unpaired) electrons. The summed E-state index contributed by atoms with van der Waals surface area (Å²) in [7, 11) is 1.71. The summed E-state index contributed by atoms with van der Waals surface area (Å²) in [5.74, 6) is -0.281. The zero-order chi connectivity index (χ0) is 9.97. The van der Waals surface area contributed by atoms with Crippen molar-refractivity contribution < 1.29 is 8.81 Å². The number of rotatable bonds is 2. The molecule has 1 aromatic carbocycles. The van der Waals surface area contributed by atoms with Gasteiger partial charge in [0, 0.05) is 12.6 Å². The number of hydrogen-bond acceptors (Lipinski definition) is 3. The highest BCUT2D eigenvalue weighted by atomic mass is 19.1. The van der Waals surface area contributed by atoms with E-state index in [1.165, 1.54) is 18.4 Å². The molecule has 0 aliphatic heterocycles. The van der Waals surface area contributed by atoms with Gasteiger partial charge in [-0.25, -0.2) is 4.39 Å². The molecule has 0 aliphatic carbocycles. The van der Waals surface area contributed by atoms with E-state index in [4.69, 9.17) is 4.42 Å². The topological polar surface area (TPSA) is 38.1 Å². The van der Waals surface area contributed by atoms with Crippen molar-refractivity contribution in [3.05, 3.63) is 36.3 Å². The molecule has 0 saturated heterocycles. The third-order valence-corrected chi connectivity index (χ3v) is 1.84. The van der Waals surface area contributed by atoms with Gasteiger partial charge in [0.1, 0.15) is 17.8 Å². The summed E-state index contributed by atoms with van der Waals surface area (Å²) in [5.41, 5.74) is 1.32. The highest BCUT2D eigenvalue weighted by molar-refractivity contribution is 5.59. The number of aromatic nitrogens is 1. The van der Waals surface area contributed by atoms with Crippen molar-refractivity contribution in [2.75, 3.05) is 12.4 Å². The summed E-state index contributed by atoms with van der Waals surface area (Å²) < 4.78 is 17.9. The number of halogens is 1. The Hall–Kier alpha value is -1.84. The number of nitrogens with zero attached hydrogens (tertiary/aromatic N) is 1. The van der Waals surface area contributed by atoms with E-state index in [0.29, 0.717) is 17.3 Å². The summed E-state index contributed by atoms with van der Waals surface area (Å²) in [5, 5.41) is 2.76. The minimum atomic E-state index is -0.281. The van der Waals surface area contributed by atoms with E-state index in [9.17, 15) is 4.39 Å². The lowest BCUT2D eigenvalue weighted by atomic mass is 10.2. The molecule has 0 bridgehead atoms. The maximum atomic E-state index is 12.9. The minimum Gasteiger partial charge on any atom is -0.432 e. The molecule has 0 aliphatic rings. The summed E-state index contributed by atoms with van der Waals surface area (Å²) in [4.78, 5) is 4.10. The molecule has 2 aromatic rings. The van der Waals surface area contributed by atoms with Crippen LogP contribution in [0.4, 0.5) is 10.4 Å². The number of anilines is 1. The molecular weight excluding hydrogens is 183 g/mol. The Labute approximate surface area is 80.6 Å². The van der Waals surface area contributed by atoms with Crippen LogP contribution in [0.2, 0.25) is 0 Å². The maximum Gasteiger partial charge on any atom is 0.294 e. The standard InChI is InChI=1S/C10H9FN2O/c1-12-10-13-9(6-14-10)7-3-2-4-8(11)5-7/h2-6H,1H3,(H,12,13). The summed E-state index contributed by atoms with van der Waals surface area (Å²) in [6, 6.07) is 6.64. The van der Waals surface area contributed by atoms with Gasteiger partial charge in [0.15, 0.2) is 0 Å². The van der Waals surface area contributed by atoms with Crippen LogP contribution in [0.25, 0.3) is 11.3 Å². The Kier molecular flexibility index (Phi) is 2.18. The molecule has 0 amide bonds. The zero-order valence-corrected chi connectivity index (χ0v) is 7.62. The monoisotopic (exact) mass is 192 g/mol. The predicted molar refractivity (Wildman–Crippen MR) is 51.4 cm³/mol. The van der Waals surface area contributed by atoms with Crippen LogP contribution in [-0.4, -0.2) is 12.0 Å². The Morgan fingerprint density at radius 1 is 1.43 bits per heavy atom.